The molecule has 2 aromatic carbocycles. The number of aromatic nitrogens is 3. The van der Waals surface area contributed by atoms with Gasteiger partial charge in [-0.1, -0.05) is 18.2 Å². The van der Waals surface area contributed by atoms with Crippen LogP contribution in [0.2, 0.25) is 0 Å². The number of methoxy groups -OCH3 is 1. The van der Waals surface area contributed by atoms with E-state index in [1.807, 2.05) is 24.3 Å². The zero-order chi connectivity index (χ0) is 16.7. The van der Waals surface area contributed by atoms with E-state index in [-0.39, 0.29) is 0 Å². The van der Waals surface area contributed by atoms with E-state index < -0.39 is 5.76 Å². The average Bonchev–Trinajstić information content (AvgIpc) is 3.20. The molecule has 24 heavy (non-hydrogen) atoms. The van der Waals surface area contributed by atoms with Crippen molar-refractivity contribution in [3.8, 4) is 28.7 Å². The minimum atomic E-state index is -0.443. The zero-order valence-corrected chi connectivity index (χ0v) is 13.0. The van der Waals surface area contributed by atoms with E-state index in [2.05, 4.69) is 10.2 Å². The highest BCUT2D eigenvalue weighted by Crippen LogP contribution is 2.32. The zero-order valence-electron chi connectivity index (χ0n) is 13.0. The molecule has 0 unspecified atom stereocenters. The average molecular weight is 323 g/mol. The minimum absolute atomic E-state index is 0.304. The quantitative estimate of drug-likeness (QED) is 0.576. The summed E-state index contributed by atoms with van der Waals surface area (Å²) in [6.45, 7) is 0. The molecule has 0 aliphatic heterocycles. The Morgan fingerprint density at radius 2 is 1.67 bits per heavy atom. The van der Waals surface area contributed by atoms with E-state index in [0.29, 0.717) is 39.8 Å². The maximum Gasteiger partial charge on any atom is 0.419 e. The van der Waals surface area contributed by atoms with Crippen molar-refractivity contribution < 1.29 is 13.6 Å². The summed E-state index contributed by atoms with van der Waals surface area (Å²) in [6, 6.07) is 12.7. The van der Waals surface area contributed by atoms with Gasteiger partial charge in [0.05, 0.1) is 18.2 Å². The molecule has 0 bridgehead atoms. The van der Waals surface area contributed by atoms with Crippen LogP contribution in [0.25, 0.3) is 34.0 Å². The van der Waals surface area contributed by atoms with Crippen LogP contribution >= 0.6 is 0 Å². The first-order valence-electron chi connectivity index (χ1n) is 7.25. The highest BCUT2D eigenvalue weighted by molar-refractivity contribution is 5.88. The van der Waals surface area contributed by atoms with Gasteiger partial charge in [-0.3, -0.25) is 4.57 Å². The second-order valence-corrected chi connectivity index (χ2v) is 5.19. The molecule has 4 aromatic rings. The summed E-state index contributed by atoms with van der Waals surface area (Å²) in [7, 11) is 3.22. The molecule has 0 saturated heterocycles. The van der Waals surface area contributed by atoms with Gasteiger partial charge in [0, 0.05) is 7.05 Å². The second kappa shape index (κ2) is 5.38. The van der Waals surface area contributed by atoms with E-state index in [1.165, 1.54) is 4.57 Å². The number of ether oxygens (including phenoxy) is 1. The Morgan fingerprint density at radius 3 is 2.46 bits per heavy atom. The van der Waals surface area contributed by atoms with Crippen molar-refractivity contribution in [2.75, 3.05) is 7.11 Å². The fourth-order valence-corrected chi connectivity index (χ4v) is 2.64. The van der Waals surface area contributed by atoms with Crippen LogP contribution in [0.5, 0.6) is 5.75 Å². The van der Waals surface area contributed by atoms with Crippen LogP contribution in [-0.2, 0) is 7.05 Å². The van der Waals surface area contributed by atoms with Gasteiger partial charge in [0.25, 0.3) is 5.89 Å². The van der Waals surface area contributed by atoms with Crippen LogP contribution in [0, 0.1) is 0 Å². The van der Waals surface area contributed by atoms with E-state index >= 15 is 0 Å². The van der Waals surface area contributed by atoms with Crippen LogP contribution in [0.3, 0.4) is 0 Å². The van der Waals surface area contributed by atoms with E-state index in [9.17, 15) is 4.79 Å². The molecule has 0 spiro atoms. The Bertz CT molecular complexity index is 1090. The Morgan fingerprint density at radius 1 is 0.958 bits per heavy atom. The molecule has 120 valence electrons. The molecule has 2 aromatic heterocycles. The maximum absolute atomic E-state index is 11.7. The molecule has 0 N–H and O–H groups in total. The monoisotopic (exact) mass is 323 g/mol. The predicted octanol–water partition coefficient (Wildman–Crippen LogP) is 2.86. The summed E-state index contributed by atoms with van der Waals surface area (Å²) in [6.07, 6.45) is 0. The highest BCUT2D eigenvalue weighted by atomic mass is 16.5. The summed E-state index contributed by atoms with van der Waals surface area (Å²) in [5.74, 6) is 0.842. The summed E-state index contributed by atoms with van der Waals surface area (Å²) in [5, 5.41) is 8.21. The van der Waals surface area contributed by atoms with E-state index in [1.54, 1.807) is 32.4 Å². The van der Waals surface area contributed by atoms with Crippen LogP contribution in [0.15, 0.2) is 56.1 Å². The lowest BCUT2D eigenvalue weighted by molar-refractivity contribution is 0.414. The number of hydrogen-bond acceptors (Lipinski definition) is 6. The van der Waals surface area contributed by atoms with Crippen molar-refractivity contribution in [3.05, 3.63) is 53.0 Å². The van der Waals surface area contributed by atoms with Crippen molar-refractivity contribution in [3.63, 3.8) is 0 Å². The summed E-state index contributed by atoms with van der Waals surface area (Å²) < 4.78 is 17.7. The fourth-order valence-electron chi connectivity index (χ4n) is 2.64. The minimum Gasteiger partial charge on any atom is -0.496 e. The van der Waals surface area contributed by atoms with Gasteiger partial charge in [-0.2, -0.15) is 0 Å². The number of oxazole rings is 1. The Balaban J connectivity index is 1.89. The molecule has 4 rings (SSSR count). The van der Waals surface area contributed by atoms with Crippen molar-refractivity contribution in [1.82, 2.24) is 14.8 Å². The van der Waals surface area contributed by atoms with Gasteiger partial charge in [0.2, 0.25) is 5.89 Å². The van der Waals surface area contributed by atoms with Crippen molar-refractivity contribution in [2.45, 2.75) is 0 Å². The Kier molecular flexibility index (Phi) is 3.19. The summed E-state index contributed by atoms with van der Waals surface area (Å²) >= 11 is 0. The van der Waals surface area contributed by atoms with E-state index in [4.69, 9.17) is 13.6 Å². The lowest BCUT2D eigenvalue weighted by atomic mass is 10.2. The Labute approximate surface area is 136 Å². The van der Waals surface area contributed by atoms with E-state index in [0.717, 1.165) is 0 Å². The van der Waals surface area contributed by atoms with Crippen LogP contribution in [-0.4, -0.2) is 21.9 Å². The molecular formula is C17H13N3O4. The first-order chi connectivity index (χ1) is 11.7. The van der Waals surface area contributed by atoms with Crippen molar-refractivity contribution >= 4 is 11.1 Å². The topological polar surface area (TPSA) is 83.3 Å². The molecule has 7 heteroatoms. The smallest absolute Gasteiger partial charge is 0.419 e. The third-order valence-electron chi connectivity index (χ3n) is 3.80. The van der Waals surface area contributed by atoms with Crippen molar-refractivity contribution in [1.29, 1.82) is 0 Å². The number of fused-ring (bicyclic) bond motifs is 1. The normalized spacial score (nSPS) is 11.1. The first kappa shape index (κ1) is 14.3. The number of rotatable bonds is 3. The number of benzene rings is 2. The SMILES string of the molecule is COc1ccccc1-c1nnc(-c2cccc3oc(=O)n(C)c23)o1. The number of hydrogen-bond donors (Lipinski definition) is 0. The largest absolute Gasteiger partial charge is 0.496 e. The van der Waals surface area contributed by atoms with Gasteiger partial charge < -0.3 is 13.6 Å². The number of para-hydroxylation sites is 2. The molecule has 7 nitrogen and oxygen atoms in total. The fraction of sp³-hybridized carbons (Fsp3) is 0.118. The lowest BCUT2D eigenvalue weighted by Gasteiger charge is -2.03. The molecule has 0 radical (unpaired) electrons. The third-order valence-corrected chi connectivity index (χ3v) is 3.80. The molecule has 0 aliphatic carbocycles. The molecular weight excluding hydrogens is 310 g/mol. The summed E-state index contributed by atoms with van der Waals surface area (Å²) in [5.41, 5.74) is 2.41. The van der Waals surface area contributed by atoms with Gasteiger partial charge in [0.1, 0.15) is 11.3 Å². The molecule has 0 atom stereocenters. The first-order valence-corrected chi connectivity index (χ1v) is 7.25. The van der Waals surface area contributed by atoms with Crippen molar-refractivity contribution in [2.24, 2.45) is 7.05 Å². The van der Waals surface area contributed by atoms with Crippen LogP contribution in [0.1, 0.15) is 0 Å². The van der Waals surface area contributed by atoms with Gasteiger partial charge in [-0.15, -0.1) is 10.2 Å². The van der Waals surface area contributed by atoms with Gasteiger partial charge in [0.15, 0.2) is 5.58 Å². The second-order valence-electron chi connectivity index (χ2n) is 5.19. The number of nitrogens with zero attached hydrogens (tertiary/aromatic N) is 3. The lowest BCUT2D eigenvalue weighted by Crippen LogP contribution is -2.08. The van der Waals surface area contributed by atoms with Gasteiger partial charge in [-0.25, -0.2) is 4.79 Å². The molecule has 0 amide bonds. The van der Waals surface area contributed by atoms with Crippen LogP contribution < -0.4 is 10.5 Å². The molecule has 0 fully saturated rings. The predicted molar refractivity (Wildman–Crippen MR) is 86.7 cm³/mol. The molecule has 0 saturated carbocycles. The molecule has 2 heterocycles. The highest BCUT2D eigenvalue weighted by Gasteiger charge is 2.18. The summed E-state index contributed by atoms with van der Waals surface area (Å²) in [4.78, 5) is 11.7. The molecule has 0 aliphatic rings. The van der Waals surface area contributed by atoms with Gasteiger partial charge >= 0.3 is 5.76 Å². The number of aryl methyl sites for hydroxylation is 1. The van der Waals surface area contributed by atoms with Gasteiger partial charge in [-0.05, 0) is 24.3 Å². The standard InChI is InChI=1S/C17H13N3O4/c1-20-14-11(7-5-9-13(14)23-17(20)21)16-19-18-15(24-16)10-6-3-4-8-12(10)22-2/h3-9H,1-2H3. The third kappa shape index (κ3) is 2.10. The maximum atomic E-state index is 11.7. The van der Waals surface area contributed by atoms with Crippen LogP contribution in [0.4, 0.5) is 0 Å². The Hall–Kier alpha value is -3.35.